The molecule has 5 rings (SSSR count). The van der Waals surface area contributed by atoms with Gasteiger partial charge in [0.1, 0.15) is 13.2 Å². The predicted molar refractivity (Wildman–Crippen MR) is 130 cm³/mol. The van der Waals surface area contributed by atoms with E-state index in [-0.39, 0.29) is 49.0 Å². The molecule has 0 unspecified atom stereocenters. The fourth-order valence-electron chi connectivity index (χ4n) is 4.16. The summed E-state index contributed by atoms with van der Waals surface area (Å²) in [4.78, 5) is 53.3. The highest BCUT2D eigenvalue weighted by atomic mass is 32.2. The molecule has 3 aliphatic heterocycles. The minimum Gasteiger partial charge on any atom is -0.486 e. The minimum absolute atomic E-state index is 0.0646. The van der Waals surface area contributed by atoms with Gasteiger partial charge in [0.15, 0.2) is 11.5 Å². The summed E-state index contributed by atoms with van der Waals surface area (Å²) < 4.78 is 11.1. The number of ether oxygens (including phenoxy) is 2. The van der Waals surface area contributed by atoms with Gasteiger partial charge in [-0.15, -0.1) is 0 Å². The molecule has 1 atom stereocenters. The highest BCUT2D eigenvalue weighted by Crippen LogP contribution is 2.36. The van der Waals surface area contributed by atoms with Crippen molar-refractivity contribution in [3.8, 4) is 11.5 Å². The Morgan fingerprint density at radius 2 is 1.83 bits per heavy atom. The molecular formula is C25H23N3O6S. The monoisotopic (exact) mass is 493 g/mol. The molecule has 2 aromatic rings. The quantitative estimate of drug-likeness (QED) is 0.617. The Morgan fingerprint density at radius 1 is 1.06 bits per heavy atom. The van der Waals surface area contributed by atoms with Crippen LogP contribution in [-0.4, -0.2) is 60.7 Å². The van der Waals surface area contributed by atoms with Gasteiger partial charge in [0.25, 0.3) is 11.1 Å². The molecule has 3 heterocycles. The van der Waals surface area contributed by atoms with E-state index < -0.39 is 5.92 Å². The Hall–Kier alpha value is -3.79. The molecule has 180 valence electrons. The molecule has 0 spiro atoms. The molecule has 0 saturated carbocycles. The van der Waals surface area contributed by atoms with Gasteiger partial charge in [0.05, 0.1) is 10.8 Å². The zero-order valence-corrected chi connectivity index (χ0v) is 19.6. The third-order valence-electron chi connectivity index (χ3n) is 5.94. The second kappa shape index (κ2) is 9.83. The topological polar surface area (TPSA) is 105 Å². The standard InChI is InChI=1S/C25H23N3O6S/c29-22-13-17(15-28(22)18-6-7-19-20(14-18)34-11-10-33-19)23(30)26-8-9-27-24(31)21(35-25(27)32)12-16-4-2-1-3-5-16/h1-7,12,14,17H,8-11,13,15H2,(H,26,30)/b21-12+/t17-/m1/s1. The van der Waals surface area contributed by atoms with Crippen LogP contribution in [0.5, 0.6) is 11.5 Å². The first-order valence-corrected chi connectivity index (χ1v) is 12.1. The number of fused-ring (bicyclic) bond motifs is 1. The SMILES string of the molecule is O=C(NCCN1C(=O)S/C(=C/c2ccccc2)C1=O)[C@@H]1CC(=O)N(c2ccc3c(c2)OCCO3)C1. The molecule has 2 saturated heterocycles. The molecule has 10 heteroatoms. The van der Waals surface area contributed by atoms with Gasteiger partial charge in [-0.2, -0.15) is 0 Å². The van der Waals surface area contributed by atoms with Gasteiger partial charge in [-0.1, -0.05) is 30.3 Å². The Morgan fingerprint density at radius 3 is 2.63 bits per heavy atom. The maximum absolute atomic E-state index is 12.7. The van der Waals surface area contributed by atoms with E-state index in [1.54, 1.807) is 29.2 Å². The number of hydrogen-bond donors (Lipinski definition) is 1. The zero-order chi connectivity index (χ0) is 24.4. The molecule has 0 bridgehead atoms. The second-order valence-corrected chi connectivity index (χ2v) is 9.26. The summed E-state index contributed by atoms with van der Waals surface area (Å²) in [6, 6.07) is 14.6. The number of nitrogens with zero attached hydrogens (tertiary/aromatic N) is 2. The lowest BCUT2D eigenvalue weighted by molar-refractivity contribution is -0.127. The van der Waals surface area contributed by atoms with E-state index in [0.29, 0.717) is 35.3 Å². The Labute approximate surface area is 206 Å². The van der Waals surface area contributed by atoms with E-state index in [1.165, 1.54) is 0 Å². The molecule has 9 nitrogen and oxygen atoms in total. The lowest BCUT2D eigenvalue weighted by Gasteiger charge is -2.22. The van der Waals surface area contributed by atoms with Crippen molar-refractivity contribution in [3.63, 3.8) is 0 Å². The van der Waals surface area contributed by atoms with Crippen LogP contribution in [0.4, 0.5) is 10.5 Å². The van der Waals surface area contributed by atoms with Gasteiger partial charge in [-0.3, -0.25) is 24.1 Å². The number of anilines is 1. The molecule has 0 aliphatic carbocycles. The largest absolute Gasteiger partial charge is 0.486 e. The van der Waals surface area contributed by atoms with Crippen molar-refractivity contribution in [2.75, 3.05) is 37.7 Å². The average molecular weight is 494 g/mol. The number of benzene rings is 2. The molecule has 1 N–H and O–H groups in total. The van der Waals surface area contributed by atoms with Crippen molar-refractivity contribution in [1.82, 2.24) is 10.2 Å². The van der Waals surface area contributed by atoms with Gasteiger partial charge in [-0.25, -0.2) is 0 Å². The fraction of sp³-hybridized carbons (Fsp3) is 0.280. The molecule has 0 radical (unpaired) electrons. The van der Waals surface area contributed by atoms with Crippen LogP contribution in [0.15, 0.2) is 53.4 Å². The highest BCUT2D eigenvalue weighted by Gasteiger charge is 2.37. The molecular weight excluding hydrogens is 470 g/mol. The van der Waals surface area contributed by atoms with Crippen LogP contribution in [-0.2, 0) is 14.4 Å². The molecule has 3 aliphatic rings. The molecule has 0 aromatic heterocycles. The van der Waals surface area contributed by atoms with E-state index in [2.05, 4.69) is 5.32 Å². The molecule has 4 amide bonds. The summed E-state index contributed by atoms with van der Waals surface area (Å²) in [6.45, 7) is 1.35. The van der Waals surface area contributed by atoms with Crippen molar-refractivity contribution in [3.05, 3.63) is 59.0 Å². The molecule has 2 aromatic carbocycles. The summed E-state index contributed by atoms with van der Waals surface area (Å²) >= 11 is 0.884. The van der Waals surface area contributed by atoms with Gasteiger partial charge in [0, 0.05) is 37.8 Å². The maximum Gasteiger partial charge on any atom is 0.293 e. The van der Waals surface area contributed by atoms with Crippen molar-refractivity contribution in [1.29, 1.82) is 0 Å². The minimum atomic E-state index is -0.524. The van der Waals surface area contributed by atoms with Crippen LogP contribution >= 0.6 is 11.8 Å². The van der Waals surface area contributed by atoms with Crippen molar-refractivity contribution >= 4 is 46.5 Å². The number of carbonyl (C=O) groups excluding carboxylic acids is 4. The van der Waals surface area contributed by atoms with E-state index in [0.717, 1.165) is 22.2 Å². The van der Waals surface area contributed by atoms with E-state index in [9.17, 15) is 19.2 Å². The van der Waals surface area contributed by atoms with Crippen molar-refractivity contribution in [2.45, 2.75) is 6.42 Å². The molecule has 35 heavy (non-hydrogen) atoms. The average Bonchev–Trinajstić information content (AvgIpc) is 3.39. The number of hydrogen-bond acceptors (Lipinski definition) is 7. The Balaban J connectivity index is 1.15. The number of carbonyl (C=O) groups is 4. The predicted octanol–water partition coefficient (Wildman–Crippen LogP) is 2.66. The lowest BCUT2D eigenvalue weighted by Crippen LogP contribution is -2.40. The maximum atomic E-state index is 12.7. The first-order chi connectivity index (χ1) is 17.0. The van der Waals surface area contributed by atoms with Crippen LogP contribution in [0.1, 0.15) is 12.0 Å². The molecule has 2 fully saturated rings. The van der Waals surface area contributed by atoms with E-state index >= 15 is 0 Å². The van der Waals surface area contributed by atoms with Gasteiger partial charge in [-0.05, 0) is 35.5 Å². The highest BCUT2D eigenvalue weighted by molar-refractivity contribution is 8.18. The Bertz CT molecular complexity index is 1210. The number of thioether (sulfide) groups is 1. The van der Waals surface area contributed by atoms with Gasteiger partial charge < -0.3 is 19.7 Å². The third kappa shape index (κ3) is 4.88. The summed E-state index contributed by atoms with van der Waals surface area (Å²) in [5.74, 6) is -0.133. The normalized spacial score (nSPS) is 20.6. The number of imide groups is 1. The van der Waals surface area contributed by atoms with Crippen LogP contribution < -0.4 is 19.7 Å². The lowest BCUT2D eigenvalue weighted by atomic mass is 10.1. The van der Waals surface area contributed by atoms with Crippen molar-refractivity contribution < 1.29 is 28.7 Å². The van der Waals surface area contributed by atoms with Crippen molar-refractivity contribution in [2.24, 2.45) is 5.92 Å². The summed E-state index contributed by atoms with van der Waals surface area (Å²) in [5.41, 5.74) is 1.48. The van der Waals surface area contributed by atoms with Crippen LogP contribution in [0, 0.1) is 5.92 Å². The first kappa shape index (κ1) is 23.0. The van der Waals surface area contributed by atoms with Gasteiger partial charge in [0.2, 0.25) is 11.8 Å². The van der Waals surface area contributed by atoms with Crippen LogP contribution in [0.3, 0.4) is 0 Å². The Kier molecular flexibility index (Phi) is 6.45. The smallest absolute Gasteiger partial charge is 0.293 e. The first-order valence-electron chi connectivity index (χ1n) is 11.3. The fourth-order valence-corrected chi connectivity index (χ4v) is 5.03. The van der Waals surface area contributed by atoms with Crippen LogP contribution in [0.25, 0.3) is 6.08 Å². The second-order valence-electron chi connectivity index (χ2n) is 8.27. The number of amides is 4. The van der Waals surface area contributed by atoms with E-state index in [4.69, 9.17) is 9.47 Å². The summed E-state index contributed by atoms with van der Waals surface area (Å²) in [6.07, 6.45) is 1.77. The van der Waals surface area contributed by atoms with Gasteiger partial charge >= 0.3 is 0 Å². The zero-order valence-electron chi connectivity index (χ0n) is 18.8. The van der Waals surface area contributed by atoms with Crippen LogP contribution in [0.2, 0.25) is 0 Å². The number of rotatable bonds is 6. The van der Waals surface area contributed by atoms with E-state index in [1.807, 2.05) is 30.3 Å². The summed E-state index contributed by atoms with van der Waals surface area (Å²) in [7, 11) is 0. The summed E-state index contributed by atoms with van der Waals surface area (Å²) in [5, 5.41) is 2.39. The number of nitrogens with one attached hydrogen (secondary N) is 1. The third-order valence-corrected chi connectivity index (χ3v) is 6.85.